The average Bonchev–Trinajstić information content (AvgIpc) is 2.89. The van der Waals surface area contributed by atoms with Crippen LogP contribution < -0.4 is 16.0 Å². The van der Waals surface area contributed by atoms with Gasteiger partial charge in [-0.1, -0.05) is 23.7 Å². The van der Waals surface area contributed by atoms with Gasteiger partial charge in [0.15, 0.2) is 15.8 Å². The minimum absolute atomic E-state index is 0. The second-order valence-corrected chi connectivity index (χ2v) is 8.57. The lowest BCUT2D eigenvalue weighted by molar-refractivity contribution is -0.121. The molecule has 1 heterocycles. The summed E-state index contributed by atoms with van der Waals surface area (Å²) in [7, 11) is -1.34. The van der Waals surface area contributed by atoms with Gasteiger partial charge in [0.2, 0.25) is 5.91 Å². The molecule has 1 fully saturated rings. The van der Waals surface area contributed by atoms with E-state index in [-0.39, 0.29) is 53.9 Å². The number of hydrogen-bond acceptors (Lipinski definition) is 4. The molecule has 1 aliphatic heterocycles. The van der Waals surface area contributed by atoms with Gasteiger partial charge >= 0.3 is 0 Å². The maximum absolute atomic E-state index is 11.9. The number of nitrogens with one attached hydrogen (secondary N) is 3. The first kappa shape index (κ1) is 23.0. The van der Waals surface area contributed by atoms with Crippen LogP contribution in [-0.2, 0) is 21.2 Å². The highest BCUT2D eigenvalue weighted by atomic mass is 127. The van der Waals surface area contributed by atoms with Crippen molar-refractivity contribution in [3.63, 3.8) is 0 Å². The van der Waals surface area contributed by atoms with Crippen molar-refractivity contribution in [1.82, 2.24) is 16.0 Å². The fraction of sp³-hybridized carbons (Fsp3) is 0.500. The number of sulfone groups is 1. The van der Waals surface area contributed by atoms with Crippen LogP contribution in [0.5, 0.6) is 0 Å². The Kier molecular flexibility index (Phi) is 9.66. The molecule has 0 aromatic heterocycles. The van der Waals surface area contributed by atoms with E-state index in [2.05, 4.69) is 20.9 Å². The van der Waals surface area contributed by atoms with Gasteiger partial charge in [-0.15, -0.1) is 24.0 Å². The molecule has 1 atom stereocenters. The third-order valence-electron chi connectivity index (χ3n) is 3.81. The quantitative estimate of drug-likeness (QED) is 0.302. The van der Waals surface area contributed by atoms with Crippen LogP contribution in [-0.4, -0.2) is 51.4 Å². The molecule has 0 aliphatic carbocycles. The van der Waals surface area contributed by atoms with Crippen molar-refractivity contribution in [3.05, 3.63) is 34.9 Å². The first-order chi connectivity index (χ1) is 11.9. The number of carbonyl (C=O) groups excluding carboxylic acids is 1. The zero-order chi connectivity index (χ0) is 18.3. The molecule has 1 aliphatic rings. The lowest BCUT2D eigenvalue weighted by Gasteiger charge is -2.13. The van der Waals surface area contributed by atoms with E-state index in [0.29, 0.717) is 30.5 Å². The van der Waals surface area contributed by atoms with Crippen LogP contribution in [0.25, 0.3) is 0 Å². The molecule has 1 aromatic rings. The number of aliphatic imine (C=N–C) groups is 1. The highest BCUT2D eigenvalue weighted by Crippen LogP contribution is 2.11. The second-order valence-electron chi connectivity index (χ2n) is 5.90. The van der Waals surface area contributed by atoms with E-state index in [1.807, 2.05) is 24.3 Å². The summed E-state index contributed by atoms with van der Waals surface area (Å²) >= 11 is 5.94. The summed E-state index contributed by atoms with van der Waals surface area (Å²) in [6.45, 7) is 0.965. The van der Waals surface area contributed by atoms with Crippen LogP contribution in [0.1, 0.15) is 18.4 Å². The van der Waals surface area contributed by atoms with Crippen LogP contribution in [0.15, 0.2) is 29.3 Å². The van der Waals surface area contributed by atoms with Gasteiger partial charge in [0.1, 0.15) is 0 Å². The third kappa shape index (κ3) is 8.09. The van der Waals surface area contributed by atoms with Crippen molar-refractivity contribution < 1.29 is 13.2 Å². The van der Waals surface area contributed by atoms with Gasteiger partial charge in [-0.05, 0) is 24.1 Å². The Bertz CT molecular complexity index is 743. The van der Waals surface area contributed by atoms with E-state index in [1.165, 1.54) is 0 Å². The van der Waals surface area contributed by atoms with Crippen LogP contribution in [0, 0.1) is 0 Å². The Morgan fingerprint density at radius 1 is 1.35 bits per heavy atom. The predicted octanol–water partition coefficient (Wildman–Crippen LogP) is 1.32. The molecule has 2 rings (SSSR count). The first-order valence-electron chi connectivity index (χ1n) is 8.07. The first-order valence-corrected chi connectivity index (χ1v) is 10.3. The number of nitrogens with zero attached hydrogens (tertiary/aromatic N) is 1. The summed E-state index contributed by atoms with van der Waals surface area (Å²) in [5.41, 5.74) is 1.02. The number of amides is 1. The molecule has 0 bridgehead atoms. The van der Waals surface area contributed by atoms with E-state index >= 15 is 0 Å². The summed E-state index contributed by atoms with van der Waals surface area (Å²) in [5.74, 6) is 0.599. The summed E-state index contributed by atoms with van der Waals surface area (Å²) in [6.07, 6.45) is 0.735. The Morgan fingerprint density at radius 2 is 2.12 bits per heavy atom. The molecule has 0 radical (unpaired) electrons. The summed E-state index contributed by atoms with van der Waals surface area (Å²) < 4.78 is 22.8. The van der Waals surface area contributed by atoms with Crippen LogP contribution in [0.3, 0.4) is 0 Å². The summed E-state index contributed by atoms with van der Waals surface area (Å²) in [6, 6.07) is 7.24. The Balaban J connectivity index is 0.00000338. The van der Waals surface area contributed by atoms with Crippen molar-refractivity contribution in [1.29, 1.82) is 0 Å². The van der Waals surface area contributed by atoms with Gasteiger partial charge in [0.25, 0.3) is 0 Å². The van der Waals surface area contributed by atoms with Gasteiger partial charge < -0.3 is 16.0 Å². The standard InChI is InChI=1S/C16H23ClN4O3S.HI/c1-18-16(20-10-12-3-2-4-13(17)9-12)19-7-5-15(22)21-14-6-8-25(23,24)11-14;/h2-4,9,14H,5-8,10-11H2,1H3,(H,21,22)(H2,18,19,20);1H. The lowest BCUT2D eigenvalue weighted by atomic mass is 10.2. The molecule has 1 unspecified atom stereocenters. The Morgan fingerprint density at radius 3 is 2.73 bits per heavy atom. The van der Waals surface area contributed by atoms with Crippen molar-refractivity contribution in [2.75, 3.05) is 25.1 Å². The molecule has 1 amide bonds. The topological polar surface area (TPSA) is 99.7 Å². The zero-order valence-corrected chi connectivity index (χ0v) is 18.4. The maximum Gasteiger partial charge on any atom is 0.222 e. The van der Waals surface area contributed by atoms with Crippen molar-refractivity contribution in [3.8, 4) is 0 Å². The van der Waals surface area contributed by atoms with E-state index in [0.717, 1.165) is 5.56 Å². The number of benzene rings is 1. The molecular weight excluding hydrogens is 491 g/mol. The number of hydrogen-bond donors (Lipinski definition) is 3. The van der Waals surface area contributed by atoms with E-state index in [1.54, 1.807) is 7.05 Å². The number of carbonyl (C=O) groups is 1. The minimum Gasteiger partial charge on any atom is -0.356 e. The van der Waals surface area contributed by atoms with E-state index in [4.69, 9.17) is 11.6 Å². The van der Waals surface area contributed by atoms with Crippen molar-refractivity contribution in [2.45, 2.75) is 25.4 Å². The average molecular weight is 515 g/mol. The normalized spacial score (nSPS) is 18.7. The predicted molar refractivity (Wildman–Crippen MR) is 115 cm³/mol. The number of halogens is 2. The summed E-state index contributed by atoms with van der Waals surface area (Å²) in [4.78, 5) is 16.0. The number of rotatable bonds is 6. The van der Waals surface area contributed by atoms with Crippen LogP contribution in [0.4, 0.5) is 0 Å². The molecule has 0 spiro atoms. The second kappa shape index (κ2) is 10.9. The Labute approximate surface area is 176 Å². The number of guanidine groups is 1. The van der Waals surface area contributed by atoms with Crippen LogP contribution in [0.2, 0.25) is 5.02 Å². The van der Waals surface area contributed by atoms with Gasteiger partial charge in [0, 0.05) is 37.6 Å². The molecule has 10 heteroatoms. The molecule has 1 aromatic carbocycles. The summed E-state index contributed by atoms with van der Waals surface area (Å²) in [5, 5.41) is 9.62. The van der Waals surface area contributed by atoms with E-state index < -0.39 is 9.84 Å². The highest BCUT2D eigenvalue weighted by molar-refractivity contribution is 14.0. The molecule has 1 saturated heterocycles. The van der Waals surface area contributed by atoms with Gasteiger partial charge in [-0.2, -0.15) is 0 Å². The van der Waals surface area contributed by atoms with Crippen molar-refractivity contribution >= 4 is 57.3 Å². The molecule has 7 nitrogen and oxygen atoms in total. The molecule has 146 valence electrons. The fourth-order valence-corrected chi connectivity index (χ4v) is 4.44. The monoisotopic (exact) mass is 514 g/mol. The SMILES string of the molecule is CN=C(NCCC(=O)NC1CCS(=O)(=O)C1)NCc1cccc(Cl)c1.I. The minimum atomic E-state index is -2.98. The molecule has 3 N–H and O–H groups in total. The van der Waals surface area contributed by atoms with Gasteiger partial charge in [0.05, 0.1) is 11.5 Å². The fourth-order valence-electron chi connectivity index (χ4n) is 2.56. The van der Waals surface area contributed by atoms with Crippen LogP contribution >= 0.6 is 35.6 Å². The van der Waals surface area contributed by atoms with Crippen molar-refractivity contribution in [2.24, 2.45) is 4.99 Å². The Hall–Kier alpha value is -1.07. The maximum atomic E-state index is 11.9. The lowest BCUT2D eigenvalue weighted by Crippen LogP contribution is -2.40. The smallest absolute Gasteiger partial charge is 0.222 e. The molecular formula is C16H24ClIN4O3S. The molecule has 0 saturated carbocycles. The molecule has 26 heavy (non-hydrogen) atoms. The van der Waals surface area contributed by atoms with Gasteiger partial charge in [-0.25, -0.2) is 8.42 Å². The zero-order valence-electron chi connectivity index (χ0n) is 14.5. The van der Waals surface area contributed by atoms with E-state index in [9.17, 15) is 13.2 Å². The highest BCUT2D eigenvalue weighted by Gasteiger charge is 2.28. The largest absolute Gasteiger partial charge is 0.356 e. The third-order valence-corrected chi connectivity index (χ3v) is 5.82. The van der Waals surface area contributed by atoms with Gasteiger partial charge in [-0.3, -0.25) is 9.79 Å².